The van der Waals surface area contributed by atoms with Crippen molar-refractivity contribution in [3.8, 4) is 11.3 Å². The minimum absolute atomic E-state index is 0.0280. The predicted molar refractivity (Wildman–Crippen MR) is 198 cm³/mol. The van der Waals surface area contributed by atoms with Crippen molar-refractivity contribution >= 4 is 35.8 Å². The Labute approximate surface area is 293 Å². The lowest BCUT2D eigenvalue weighted by Crippen LogP contribution is -2.66. The topological polar surface area (TPSA) is 69.3 Å². The second-order valence-corrected chi connectivity index (χ2v) is 18.8. The van der Waals surface area contributed by atoms with Crippen LogP contribution in [0.5, 0.6) is 0 Å². The summed E-state index contributed by atoms with van der Waals surface area (Å²) in [5.41, 5.74) is 2.47. The van der Waals surface area contributed by atoms with Crippen molar-refractivity contribution in [3.05, 3.63) is 121 Å². The molecule has 1 saturated carbocycles. The van der Waals surface area contributed by atoms with Gasteiger partial charge in [0, 0.05) is 36.8 Å². The molecular weight excluding hydrogens is 647 g/mol. The van der Waals surface area contributed by atoms with Crippen LogP contribution in [0.1, 0.15) is 64.5 Å². The van der Waals surface area contributed by atoms with Crippen LogP contribution in [0, 0.1) is 24.5 Å². The summed E-state index contributed by atoms with van der Waals surface area (Å²) < 4.78 is 39.7. The molecule has 0 spiro atoms. The molecule has 0 aliphatic heterocycles. The van der Waals surface area contributed by atoms with Crippen LogP contribution in [0.2, 0.25) is 5.04 Å². The molecule has 7 nitrogen and oxygen atoms in total. The van der Waals surface area contributed by atoms with Crippen LogP contribution in [-0.4, -0.2) is 39.1 Å². The van der Waals surface area contributed by atoms with Gasteiger partial charge in [-0.3, -0.25) is 9.08 Å². The lowest BCUT2D eigenvalue weighted by Gasteiger charge is -2.43. The van der Waals surface area contributed by atoms with E-state index < -0.39 is 20.0 Å². The summed E-state index contributed by atoms with van der Waals surface area (Å²) in [5.74, 6) is -0.0792. The molecule has 10 heteroatoms. The SMILES string of the molecule is Cc1cc(-c2cnc(Nc3cnn(C4CCC(CCO[Si](c5ccccc5)(c5ccccc5)C(C)(C)C)CC4)c3)c3nccn23)c(F)cc1F. The highest BCUT2D eigenvalue weighted by Crippen LogP contribution is 2.39. The van der Waals surface area contributed by atoms with Crippen molar-refractivity contribution in [2.75, 3.05) is 11.9 Å². The summed E-state index contributed by atoms with van der Waals surface area (Å²) in [7, 11) is -2.53. The average Bonchev–Trinajstić information content (AvgIpc) is 3.80. The standard InChI is InChI=1S/C40H44F2N6OSi/c1-28-23-34(36(42)24-35(28)41)37-26-44-38(39-43-20-21-47(37)39)46-30-25-45-48(27-30)31-17-15-29(16-18-31)19-22-49-50(40(2,3)4,32-11-7-5-8-12-32)33-13-9-6-10-14-33/h5-14,20-21,23-27,29,31H,15-19,22H2,1-4H3,(H,44,46). The van der Waals surface area contributed by atoms with E-state index in [9.17, 15) is 8.78 Å². The van der Waals surface area contributed by atoms with Crippen molar-refractivity contribution in [1.29, 1.82) is 0 Å². The first-order valence-electron chi connectivity index (χ1n) is 17.5. The van der Waals surface area contributed by atoms with Crippen LogP contribution in [0.25, 0.3) is 16.9 Å². The van der Waals surface area contributed by atoms with Gasteiger partial charge in [-0.2, -0.15) is 5.10 Å². The third kappa shape index (κ3) is 6.49. The molecule has 6 aromatic rings. The number of hydrogen-bond donors (Lipinski definition) is 1. The fourth-order valence-electron chi connectivity index (χ4n) is 7.64. The van der Waals surface area contributed by atoms with E-state index >= 15 is 0 Å². The van der Waals surface area contributed by atoms with E-state index in [2.05, 4.69) is 101 Å². The Kier molecular flexibility index (Phi) is 9.41. The summed E-state index contributed by atoms with van der Waals surface area (Å²) in [5, 5.41) is 10.7. The molecule has 0 radical (unpaired) electrons. The number of hydrogen-bond acceptors (Lipinski definition) is 5. The van der Waals surface area contributed by atoms with E-state index in [0.29, 0.717) is 34.7 Å². The summed E-state index contributed by atoms with van der Waals surface area (Å²) in [6, 6.07) is 24.4. The van der Waals surface area contributed by atoms with Gasteiger partial charge in [0.1, 0.15) is 11.6 Å². The van der Waals surface area contributed by atoms with Crippen molar-refractivity contribution in [1.82, 2.24) is 24.1 Å². The maximum Gasteiger partial charge on any atom is 0.261 e. The predicted octanol–water partition coefficient (Wildman–Crippen LogP) is 8.62. The van der Waals surface area contributed by atoms with Crippen LogP contribution < -0.4 is 15.7 Å². The fourth-order valence-corrected chi connectivity index (χ4v) is 12.2. The zero-order chi connectivity index (χ0) is 34.9. The molecule has 50 heavy (non-hydrogen) atoms. The van der Waals surface area contributed by atoms with Crippen LogP contribution in [-0.2, 0) is 4.43 Å². The van der Waals surface area contributed by atoms with E-state index in [1.54, 1.807) is 29.9 Å². The van der Waals surface area contributed by atoms with Crippen LogP contribution in [0.4, 0.5) is 20.3 Å². The molecule has 0 bridgehead atoms. The monoisotopic (exact) mass is 690 g/mol. The number of nitrogens with one attached hydrogen (secondary N) is 1. The largest absolute Gasteiger partial charge is 0.407 e. The summed E-state index contributed by atoms with van der Waals surface area (Å²) in [4.78, 5) is 9.04. The Morgan fingerprint density at radius 1 is 0.880 bits per heavy atom. The quantitative estimate of drug-likeness (QED) is 0.146. The Morgan fingerprint density at radius 3 is 2.22 bits per heavy atom. The van der Waals surface area contributed by atoms with Crippen LogP contribution >= 0.6 is 0 Å². The van der Waals surface area contributed by atoms with Crippen molar-refractivity contribution in [2.45, 2.75) is 70.9 Å². The second kappa shape index (κ2) is 13.9. The molecule has 0 saturated heterocycles. The van der Waals surface area contributed by atoms with Gasteiger partial charge < -0.3 is 9.74 Å². The van der Waals surface area contributed by atoms with Crippen molar-refractivity contribution in [2.24, 2.45) is 5.92 Å². The molecule has 3 heterocycles. The number of anilines is 2. The summed E-state index contributed by atoms with van der Waals surface area (Å²) in [6.45, 7) is 9.35. The summed E-state index contributed by atoms with van der Waals surface area (Å²) >= 11 is 0. The lowest BCUT2D eigenvalue weighted by molar-refractivity contribution is 0.206. The highest BCUT2D eigenvalue weighted by Gasteiger charge is 2.50. The molecule has 3 aromatic carbocycles. The third-order valence-electron chi connectivity index (χ3n) is 10.3. The molecule has 1 aliphatic rings. The number of aromatic nitrogens is 5. The van der Waals surface area contributed by atoms with Crippen molar-refractivity contribution < 1.29 is 13.2 Å². The molecule has 7 rings (SSSR count). The van der Waals surface area contributed by atoms with Gasteiger partial charge in [0.25, 0.3) is 8.32 Å². The minimum Gasteiger partial charge on any atom is -0.407 e. The molecule has 3 aromatic heterocycles. The molecular formula is C40H44F2N6OSi. The Bertz CT molecular complexity index is 2030. The molecule has 258 valence electrons. The van der Waals surface area contributed by atoms with Crippen LogP contribution in [0.3, 0.4) is 0 Å². The first kappa shape index (κ1) is 33.8. The Hall–Kier alpha value is -4.67. The van der Waals surface area contributed by atoms with Gasteiger partial charge in [-0.25, -0.2) is 18.7 Å². The number of aryl methyl sites for hydroxylation is 1. The number of halogens is 2. The van der Waals surface area contributed by atoms with Crippen LogP contribution in [0.15, 0.2) is 104 Å². The highest BCUT2D eigenvalue weighted by atomic mass is 28.4. The normalized spacial score (nSPS) is 16.9. The first-order valence-corrected chi connectivity index (χ1v) is 19.4. The van der Waals surface area contributed by atoms with E-state index in [0.717, 1.165) is 50.5 Å². The van der Waals surface area contributed by atoms with E-state index in [4.69, 9.17) is 9.52 Å². The number of nitrogens with zero attached hydrogens (tertiary/aromatic N) is 5. The minimum atomic E-state index is -2.53. The summed E-state index contributed by atoms with van der Waals surface area (Å²) in [6.07, 6.45) is 14.2. The zero-order valence-electron chi connectivity index (χ0n) is 29.1. The number of benzene rings is 3. The molecule has 0 unspecified atom stereocenters. The van der Waals surface area contributed by atoms with E-state index in [-0.39, 0.29) is 10.6 Å². The smallest absolute Gasteiger partial charge is 0.261 e. The van der Waals surface area contributed by atoms with Crippen molar-refractivity contribution in [3.63, 3.8) is 0 Å². The Morgan fingerprint density at radius 2 is 1.56 bits per heavy atom. The molecule has 1 N–H and O–H groups in total. The highest BCUT2D eigenvalue weighted by molar-refractivity contribution is 6.99. The third-order valence-corrected chi connectivity index (χ3v) is 15.3. The second-order valence-electron chi connectivity index (χ2n) is 14.5. The lowest BCUT2D eigenvalue weighted by atomic mass is 9.84. The zero-order valence-corrected chi connectivity index (χ0v) is 30.1. The number of rotatable bonds is 10. The average molecular weight is 691 g/mol. The van der Waals surface area contributed by atoms with Gasteiger partial charge in [-0.05, 0) is 72.0 Å². The van der Waals surface area contributed by atoms with Gasteiger partial charge in [0.15, 0.2) is 11.5 Å². The first-order chi connectivity index (χ1) is 24.1. The van der Waals surface area contributed by atoms with Gasteiger partial charge in [0.2, 0.25) is 0 Å². The maximum atomic E-state index is 14.7. The number of fused-ring (bicyclic) bond motifs is 1. The fraction of sp³-hybridized carbons (Fsp3) is 0.325. The molecule has 1 aliphatic carbocycles. The van der Waals surface area contributed by atoms with Gasteiger partial charge in [-0.15, -0.1) is 0 Å². The Balaban J connectivity index is 0.992. The van der Waals surface area contributed by atoms with Gasteiger partial charge >= 0.3 is 0 Å². The van der Waals surface area contributed by atoms with E-state index in [1.807, 2.05) is 12.4 Å². The molecule has 1 fully saturated rings. The molecule has 0 atom stereocenters. The van der Waals surface area contributed by atoms with Gasteiger partial charge in [0.05, 0.1) is 29.8 Å². The van der Waals surface area contributed by atoms with E-state index in [1.165, 1.54) is 16.4 Å². The number of imidazole rings is 1. The maximum absolute atomic E-state index is 14.7. The molecule has 0 amide bonds. The van der Waals surface area contributed by atoms with Gasteiger partial charge in [-0.1, -0.05) is 81.4 Å².